The van der Waals surface area contributed by atoms with Crippen molar-refractivity contribution < 1.29 is 4.79 Å². The number of benzene rings is 1. The van der Waals surface area contributed by atoms with Crippen LogP contribution in [0.15, 0.2) is 30.3 Å². The Morgan fingerprint density at radius 2 is 2.00 bits per heavy atom. The molecule has 1 aromatic rings. The molecule has 1 atom stereocenters. The van der Waals surface area contributed by atoms with Crippen LogP contribution in [0.25, 0.3) is 0 Å². The first-order valence-corrected chi connectivity index (χ1v) is 5.57. The van der Waals surface area contributed by atoms with Gasteiger partial charge in [-0.25, -0.2) is 0 Å². The summed E-state index contributed by atoms with van der Waals surface area (Å²) in [5.74, 6) is 0.225. The van der Waals surface area contributed by atoms with Gasteiger partial charge < -0.3 is 5.32 Å². The van der Waals surface area contributed by atoms with Crippen LogP contribution in [0.5, 0.6) is 0 Å². The highest BCUT2D eigenvalue weighted by molar-refractivity contribution is 6.03. The minimum absolute atomic E-state index is 0.225. The van der Waals surface area contributed by atoms with Crippen molar-refractivity contribution in [2.24, 2.45) is 0 Å². The van der Waals surface area contributed by atoms with E-state index in [9.17, 15) is 4.79 Å². The van der Waals surface area contributed by atoms with Crippen LogP contribution in [0.4, 0.5) is 0 Å². The van der Waals surface area contributed by atoms with Gasteiger partial charge in [0, 0.05) is 5.56 Å². The third-order valence-corrected chi connectivity index (χ3v) is 3.16. The summed E-state index contributed by atoms with van der Waals surface area (Å²) in [6.45, 7) is 2.97. The molecule has 1 saturated heterocycles. The monoisotopic (exact) mass is 203 g/mol. The minimum Gasteiger partial charge on any atom is -0.305 e. The smallest absolute Gasteiger partial charge is 0.182 e. The number of piperidine rings is 1. The highest BCUT2D eigenvalue weighted by atomic mass is 16.1. The molecule has 2 nitrogen and oxygen atoms in total. The summed E-state index contributed by atoms with van der Waals surface area (Å²) >= 11 is 0. The number of Topliss-reactive ketones (excluding diaryl/α,β-unsaturated/α-hetero) is 1. The lowest BCUT2D eigenvalue weighted by Gasteiger charge is -2.33. The molecule has 1 unspecified atom stereocenters. The minimum atomic E-state index is -0.348. The molecule has 1 aliphatic heterocycles. The Hall–Kier alpha value is -1.15. The highest BCUT2D eigenvalue weighted by Gasteiger charge is 2.34. The molecule has 15 heavy (non-hydrogen) atoms. The van der Waals surface area contributed by atoms with Gasteiger partial charge in [0.15, 0.2) is 5.78 Å². The quantitative estimate of drug-likeness (QED) is 0.748. The van der Waals surface area contributed by atoms with Gasteiger partial charge in [-0.2, -0.15) is 0 Å². The molecular formula is C13H17NO. The Kier molecular flexibility index (Phi) is 2.87. The lowest BCUT2D eigenvalue weighted by Crippen LogP contribution is -2.52. The van der Waals surface area contributed by atoms with Gasteiger partial charge in [-0.05, 0) is 32.7 Å². The topological polar surface area (TPSA) is 29.1 Å². The fraction of sp³-hybridized carbons (Fsp3) is 0.462. The summed E-state index contributed by atoms with van der Waals surface area (Å²) in [6.07, 6.45) is 3.26. The summed E-state index contributed by atoms with van der Waals surface area (Å²) in [4.78, 5) is 12.3. The van der Waals surface area contributed by atoms with E-state index in [1.165, 1.54) is 6.42 Å². The first kappa shape index (κ1) is 10.4. The molecule has 0 saturated carbocycles. The number of hydrogen-bond donors (Lipinski definition) is 1. The predicted octanol–water partition coefficient (Wildman–Crippen LogP) is 2.40. The third kappa shape index (κ3) is 2.10. The van der Waals surface area contributed by atoms with E-state index in [1.807, 2.05) is 37.3 Å². The normalized spacial score (nSPS) is 26.2. The van der Waals surface area contributed by atoms with E-state index in [0.29, 0.717) is 0 Å². The third-order valence-electron chi connectivity index (χ3n) is 3.16. The summed E-state index contributed by atoms with van der Waals surface area (Å²) in [6, 6.07) is 9.56. The largest absolute Gasteiger partial charge is 0.305 e. The van der Waals surface area contributed by atoms with Crippen molar-refractivity contribution in [3.8, 4) is 0 Å². The number of hydrogen-bond acceptors (Lipinski definition) is 2. The lowest BCUT2D eigenvalue weighted by molar-refractivity contribution is 0.0835. The van der Waals surface area contributed by atoms with Gasteiger partial charge in [-0.1, -0.05) is 30.3 Å². The van der Waals surface area contributed by atoms with Crippen molar-refractivity contribution in [2.75, 3.05) is 6.54 Å². The molecule has 1 N–H and O–H groups in total. The van der Waals surface area contributed by atoms with Crippen molar-refractivity contribution in [1.82, 2.24) is 5.32 Å². The second-order valence-electron chi connectivity index (χ2n) is 4.41. The molecule has 0 bridgehead atoms. The second-order valence-corrected chi connectivity index (χ2v) is 4.41. The number of ketones is 1. The molecule has 2 rings (SSSR count). The number of carbonyl (C=O) groups excluding carboxylic acids is 1. The van der Waals surface area contributed by atoms with E-state index in [2.05, 4.69) is 5.32 Å². The molecular weight excluding hydrogens is 186 g/mol. The van der Waals surface area contributed by atoms with Gasteiger partial charge in [-0.3, -0.25) is 4.79 Å². The van der Waals surface area contributed by atoms with E-state index < -0.39 is 0 Å². The first-order chi connectivity index (χ1) is 7.22. The van der Waals surface area contributed by atoms with Crippen LogP contribution in [-0.2, 0) is 0 Å². The number of rotatable bonds is 2. The van der Waals surface area contributed by atoms with E-state index in [1.54, 1.807) is 0 Å². The van der Waals surface area contributed by atoms with Crippen LogP contribution in [0.3, 0.4) is 0 Å². The molecule has 1 aliphatic rings. The van der Waals surface area contributed by atoms with Crippen molar-refractivity contribution in [3.05, 3.63) is 35.9 Å². The zero-order valence-electron chi connectivity index (χ0n) is 9.12. The average Bonchev–Trinajstić information content (AvgIpc) is 2.30. The highest BCUT2D eigenvalue weighted by Crippen LogP contribution is 2.23. The number of nitrogens with one attached hydrogen (secondary N) is 1. The first-order valence-electron chi connectivity index (χ1n) is 5.57. The van der Waals surface area contributed by atoms with E-state index in [4.69, 9.17) is 0 Å². The molecule has 0 radical (unpaired) electrons. The van der Waals surface area contributed by atoms with Crippen molar-refractivity contribution in [2.45, 2.75) is 31.7 Å². The molecule has 2 heteroatoms. The van der Waals surface area contributed by atoms with Gasteiger partial charge in [0.25, 0.3) is 0 Å². The fourth-order valence-electron chi connectivity index (χ4n) is 2.16. The molecule has 1 heterocycles. The van der Waals surface area contributed by atoms with Crippen molar-refractivity contribution >= 4 is 5.78 Å². The van der Waals surface area contributed by atoms with Crippen LogP contribution in [0.1, 0.15) is 36.5 Å². The van der Waals surface area contributed by atoms with Crippen LogP contribution in [0.2, 0.25) is 0 Å². The average molecular weight is 203 g/mol. The summed E-state index contributed by atoms with van der Waals surface area (Å²) in [5.41, 5.74) is 0.467. The van der Waals surface area contributed by atoms with Crippen LogP contribution in [0, 0.1) is 0 Å². The molecule has 1 fully saturated rings. The van der Waals surface area contributed by atoms with Gasteiger partial charge in [-0.15, -0.1) is 0 Å². The second kappa shape index (κ2) is 4.15. The maximum Gasteiger partial charge on any atom is 0.182 e. The SMILES string of the molecule is CC1(C(=O)c2ccccc2)CCCCN1. The maximum absolute atomic E-state index is 12.3. The molecule has 0 aliphatic carbocycles. The fourth-order valence-corrected chi connectivity index (χ4v) is 2.16. The van der Waals surface area contributed by atoms with Crippen molar-refractivity contribution in [1.29, 1.82) is 0 Å². The molecule has 1 aromatic carbocycles. The Bertz CT molecular complexity index is 339. The Morgan fingerprint density at radius 3 is 2.60 bits per heavy atom. The zero-order valence-corrected chi connectivity index (χ0v) is 9.12. The van der Waals surface area contributed by atoms with Crippen LogP contribution >= 0.6 is 0 Å². The Balaban J connectivity index is 2.20. The molecule has 80 valence electrons. The predicted molar refractivity (Wildman–Crippen MR) is 61.0 cm³/mol. The summed E-state index contributed by atoms with van der Waals surface area (Å²) < 4.78 is 0. The number of carbonyl (C=O) groups is 1. The maximum atomic E-state index is 12.3. The standard InChI is InChI=1S/C13H17NO/c1-13(9-5-6-10-14-13)12(15)11-7-3-2-4-8-11/h2-4,7-8,14H,5-6,9-10H2,1H3. The van der Waals surface area contributed by atoms with Gasteiger partial charge in [0.05, 0.1) is 5.54 Å². The summed E-state index contributed by atoms with van der Waals surface area (Å²) in [5, 5.41) is 3.34. The van der Waals surface area contributed by atoms with Crippen molar-refractivity contribution in [3.63, 3.8) is 0 Å². The van der Waals surface area contributed by atoms with Crippen LogP contribution in [-0.4, -0.2) is 17.9 Å². The zero-order chi connectivity index (χ0) is 10.7. The van der Waals surface area contributed by atoms with E-state index in [-0.39, 0.29) is 11.3 Å². The van der Waals surface area contributed by atoms with Gasteiger partial charge >= 0.3 is 0 Å². The van der Waals surface area contributed by atoms with Gasteiger partial charge in [0.2, 0.25) is 0 Å². The van der Waals surface area contributed by atoms with Crippen LogP contribution < -0.4 is 5.32 Å². The Labute approximate surface area is 90.7 Å². The van der Waals surface area contributed by atoms with Gasteiger partial charge in [0.1, 0.15) is 0 Å². The molecule has 0 spiro atoms. The van der Waals surface area contributed by atoms with E-state index in [0.717, 1.165) is 24.9 Å². The molecule has 0 aromatic heterocycles. The lowest BCUT2D eigenvalue weighted by atomic mass is 9.84. The summed E-state index contributed by atoms with van der Waals surface area (Å²) in [7, 11) is 0. The van der Waals surface area contributed by atoms with E-state index >= 15 is 0 Å². The molecule has 0 amide bonds. The Morgan fingerprint density at radius 1 is 1.27 bits per heavy atom.